The van der Waals surface area contributed by atoms with Gasteiger partial charge in [-0.3, -0.25) is 4.79 Å². The third-order valence-corrected chi connectivity index (χ3v) is 5.34. The summed E-state index contributed by atoms with van der Waals surface area (Å²) in [6, 6.07) is 14.4. The first-order chi connectivity index (χ1) is 12.5. The van der Waals surface area contributed by atoms with Crippen molar-refractivity contribution >= 4 is 21.9 Å². The van der Waals surface area contributed by atoms with E-state index in [0.29, 0.717) is 6.42 Å². The first-order valence-electron chi connectivity index (χ1n) is 8.66. The Morgan fingerprint density at radius 2 is 1.96 bits per heavy atom. The molecule has 0 amide bonds. The Kier molecular flexibility index (Phi) is 5.99. The van der Waals surface area contributed by atoms with Crippen LogP contribution in [0.4, 0.5) is 0 Å². The summed E-state index contributed by atoms with van der Waals surface area (Å²) in [5.41, 5.74) is 3.43. The van der Waals surface area contributed by atoms with Crippen LogP contribution in [0.2, 0.25) is 0 Å². The molecule has 2 aromatic rings. The van der Waals surface area contributed by atoms with Gasteiger partial charge >= 0.3 is 5.97 Å². The van der Waals surface area contributed by atoms with E-state index in [4.69, 9.17) is 14.2 Å². The number of carbonyl (C=O) groups excluding carboxylic acids is 1. The summed E-state index contributed by atoms with van der Waals surface area (Å²) in [4.78, 5) is 11.7. The lowest BCUT2D eigenvalue weighted by molar-refractivity contribution is -0.144. The number of rotatable bonds is 5. The van der Waals surface area contributed by atoms with Gasteiger partial charge in [0.25, 0.3) is 0 Å². The molecule has 0 bridgehead atoms. The highest BCUT2D eigenvalue weighted by atomic mass is 79.9. The summed E-state index contributed by atoms with van der Waals surface area (Å²) in [6.07, 6.45) is 1.16. The van der Waals surface area contributed by atoms with Gasteiger partial charge in [0.1, 0.15) is 5.75 Å². The smallest absolute Gasteiger partial charge is 0.308 e. The van der Waals surface area contributed by atoms with Crippen molar-refractivity contribution in [1.29, 1.82) is 0 Å². The van der Waals surface area contributed by atoms with Gasteiger partial charge in [-0.2, -0.15) is 0 Å². The molecule has 0 N–H and O–H groups in total. The van der Waals surface area contributed by atoms with E-state index in [1.165, 1.54) is 12.7 Å². The molecule has 0 radical (unpaired) electrons. The van der Waals surface area contributed by atoms with Crippen molar-refractivity contribution in [3.05, 3.63) is 63.6 Å². The predicted octanol–water partition coefficient (Wildman–Crippen LogP) is 4.49. The Labute approximate surface area is 162 Å². The van der Waals surface area contributed by atoms with Crippen molar-refractivity contribution in [2.24, 2.45) is 5.92 Å². The normalized spacial score (nSPS) is 20.0. The Hall–Kier alpha value is -1.85. The number of fused-ring (bicyclic) bond motifs is 1. The maximum absolute atomic E-state index is 11.7. The summed E-state index contributed by atoms with van der Waals surface area (Å²) in [5.74, 6) is 0.608. The van der Waals surface area contributed by atoms with Crippen LogP contribution in [0.25, 0.3) is 0 Å². The number of benzene rings is 2. The van der Waals surface area contributed by atoms with Crippen LogP contribution in [0, 0.1) is 5.92 Å². The molecule has 0 saturated heterocycles. The number of ether oxygens (including phenoxy) is 3. The van der Waals surface area contributed by atoms with Gasteiger partial charge < -0.3 is 14.2 Å². The van der Waals surface area contributed by atoms with Gasteiger partial charge in [-0.15, -0.1) is 0 Å². The van der Waals surface area contributed by atoms with Crippen LogP contribution in [-0.2, 0) is 27.1 Å². The van der Waals surface area contributed by atoms with Gasteiger partial charge in [0.2, 0.25) is 6.29 Å². The Bertz CT molecular complexity index is 772. The van der Waals surface area contributed by atoms with E-state index < -0.39 is 0 Å². The molecule has 0 aromatic heterocycles. The van der Waals surface area contributed by atoms with Crippen molar-refractivity contribution < 1.29 is 19.0 Å². The minimum atomic E-state index is -0.316. The van der Waals surface area contributed by atoms with E-state index in [2.05, 4.69) is 34.1 Å². The average molecular weight is 419 g/mol. The highest BCUT2D eigenvalue weighted by Crippen LogP contribution is 2.37. The zero-order chi connectivity index (χ0) is 18.7. The zero-order valence-corrected chi connectivity index (χ0v) is 16.8. The number of esters is 1. The van der Waals surface area contributed by atoms with Crippen molar-refractivity contribution in [2.45, 2.75) is 32.0 Å². The van der Waals surface area contributed by atoms with Gasteiger partial charge in [-0.1, -0.05) is 47.1 Å². The van der Waals surface area contributed by atoms with Crippen LogP contribution in [0.1, 0.15) is 29.5 Å². The van der Waals surface area contributed by atoms with Crippen molar-refractivity contribution in [3.8, 4) is 5.75 Å². The fourth-order valence-corrected chi connectivity index (χ4v) is 3.67. The fourth-order valence-electron chi connectivity index (χ4n) is 3.41. The molecular weight excluding hydrogens is 396 g/mol. The van der Waals surface area contributed by atoms with Crippen LogP contribution in [-0.4, -0.2) is 26.5 Å². The van der Waals surface area contributed by atoms with Crippen LogP contribution in [0.3, 0.4) is 0 Å². The molecule has 1 aliphatic rings. The Morgan fingerprint density at radius 3 is 2.62 bits per heavy atom. The molecule has 5 heteroatoms. The van der Waals surface area contributed by atoms with Gasteiger partial charge in [0.05, 0.1) is 18.9 Å². The molecule has 2 aromatic carbocycles. The molecule has 3 rings (SSSR count). The van der Waals surface area contributed by atoms with Crippen LogP contribution in [0.15, 0.2) is 46.9 Å². The predicted molar refractivity (Wildman–Crippen MR) is 103 cm³/mol. The molecule has 3 unspecified atom stereocenters. The number of carbonyl (C=O) groups is 1. The molecule has 1 aliphatic heterocycles. The monoisotopic (exact) mass is 418 g/mol. The number of methoxy groups -OCH3 is 2. The molecular formula is C21H23BrO4. The lowest BCUT2D eigenvalue weighted by Crippen LogP contribution is -2.33. The van der Waals surface area contributed by atoms with Gasteiger partial charge in [0.15, 0.2) is 0 Å². The Balaban J connectivity index is 1.84. The third-order valence-electron chi connectivity index (χ3n) is 4.81. The van der Waals surface area contributed by atoms with Crippen LogP contribution < -0.4 is 4.74 Å². The quantitative estimate of drug-likeness (QED) is 0.670. The van der Waals surface area contributed by atoms with Crippen molar-refractivity contribution in [3.63, 3.8) is 0 Å². The highest BCUT2D eigenvalue weighted by molar-refractivity contribution is 9.10. The highest BCUT2D eigenvalue weighted by Gasteiger charge is 2.31. The average Bonchev–Trinajstić information content (AvgIpc) is 2.66. The first-order valence-corrected chi connectivity index (χ1v) is 9.45. The zero-order valence-electron chi connectivity index (χ0n) is 15.2. The molecule has 0 spiro atoms. The molecule has 0 fully saturated rings. The van der Waals surface area contributed by atoms with E-state index in [0.717, 1.165) is 27.8 Å². The maximum atomic E-state index is 11.7. The molecule has 3 atom stereocenters. The number of hydrogen-bond acceptors (Lipinski definition) is 4. The minimum absolute atomic E-state index is 0.119. The molecule has 138 valence electrons. The summed E-state index contributed by atoms with van der Waals surface area (Å²) >= 11 is 3.48. The first kappa shape index (κ1) is 18.9. The second-order valence-corrected chi connectivity index (χ2v) is 7.57. The molecule has 4 nitrogen and oxygen atoms in total. The second-order valence-electron chi connectivity index (χ2n) is 6.65. The van der Waals surface area contributed by atoms with Gasteiger partial charge in [-0.25, -0.2) is 0 Å². The van der Waals surface area contributed by atoms with E-state index in [1.54, 1.807) is 7.11 Å². The van der Waals surface area contributed by atoms with Crippen molar-refractivity contribution in [2.75, 3.05) is 14.2 Å². The number of hydrogen-bond donors (Lipinski definition) is 0. The lowest BCUT2D eigenvalue weighted by atomic mass is 9.87. The molecule has 26 heavy (non-hydrogen) atoms. The molecule has 1 heterocycles. The summed E-state index contributed by atoms with van der Waals surface area (Å²) in [7, 11) is 3.10. The molecule has 0 saturated carbocycles. The standard InChI is InChI=1S/C21H23BrO4/c1-13(20(23)24-2)10-14-4-9-19-16(11-14)12-18(21(25-3)26-19)15-5-7-17(22)8-6-15/h4-9,11,13,18,21H,10,12H2,1-3H3. The molecule has 0 aliphatic carbocycles. The largest absolute Gasteiger partial charge is 0.469 e. The fraction of sp³-hybridized carbons (Fsp3) is 0.381. The summed E-state index contributed by atoms with van der Waals surface area (Å²) < 4.78 is 17.5. The minimum Gasteiger partial charge on any atom is -0.469 e. The van der Waals surface area contributed by atoms with E-state index in [1.807, 2.05) is 31.2 Å². The van der Waals surface area contributed by atoms with E-state index >= 15 is 0 Å². The van der Waals surface area contributed by atoms with Crippen LogP contribution in [0.5, 0.6) is 5.75 Å². The summed E-state index contributed by atoms with van der Waals surface area (Å²) in [6.45, 7) is 1.88. The van der Waals surface area contributed by atoms with Crippen molar-refractivity contribution in [1.82, 2.24) is 0 Å². The van der Waals surface area contributed by atoms with Gasteiger partial charge in [-0.05, 0) is 47.7 Å². The lowest BCUT2D eigenvalue weighted by Gasteiger charge is -2.33. The second kappa shape index (κ2) is 8.23. The van der Waals surface area contributed by atoms with Crippen LogP contribution >= 0.6 is 15.9 Å². The van der Waals surface area contributed by atoms with E-state index in [-0.39, 0.29) is 24.1 Å². The van der Waals surface area contributed by atoms with Gasteiger partial charge in [0, 0.05) is 11.6 Å². The Morgan fingerprint density at radius 1 is 1.23 bits per heavy atom. The summed E-state index contributed by atoms with van der Waals surface area (Å²) in [5, 5.41) is 0. The maximum Gasteiger partial charge on any atom is 0.308 e. The third kappa shape index (κ3) is 4.10. The number of halogens is 1. The topological polar surface area (TPSA) is 44.8 Å². The SMILES string of the molecule is COC(=O)C(C)Cc1ccc2c(c1)CC(c1ccc(Br)cc1)C(OC)O2. The van der Waals surface area contributed by atoms with E-state index in [9.17, 15) is 4.79 Å².